The lowest BCUT2D eigenvalue weighted by molar-refractivity contribution is -0.131. The second-order valence-corrected chi connectivity index (χ2v) is 5.40. The van der Waals surface area contributed by atoms with Crippen LogP contribution in [0.4, 0.5) is 4.39 Å². The van der Waals surface area contributed by atoms with Gasteiger partial charge in [-0.3, -0.25) is 4.90 Å². The predicted molar refractivity (Wildman–Crippen MR) is 80.4 cm³/mol. The fourth-order valence-electron chi connectivity index (χ4n) is 1.94. The molecule has 0 saturated carbocycles. The fourth-order valence-corrected chi connectivity index (χ4v) is 2.49. The van der Waals surface area contributed by atoms with E-state index in [1.54, 1.807) is 29.0 Å². The Hall–Kier alpha value is -2.05. The molecule has 1 N–H and O–H groups in total. The van der Waals surface area contributed by atoms with Gasteiger partial charge in [-0.25, -0.2) is 14.2 Å². The van der Waals surface area contributed by atoms with E-state index in [2.05, 4.69) is 9.88 Å². The first-order chi connectivity index (χ1) is 10.0. The van der Waals surface area contributed by atoms with Gasteiger partial charge in [0.15, 0.2) is 0 Å². The van der Waals surface area contributed by atoms with E-state index < -0.39 is 11.8 Å². The molecule has 1 aromatic carbocycles. The highest BCUT2D eigenvalue weighted by atomic mass is 32.1. The maximum absolute atomic E-state index is 13.6. The lowest BCUT2D eigenvalue weighted by atomic mass is 10.1. The van der Waals surface area contributed by atoms with Gasteiger partial charge < -0.3 is 5.11 Å². The average Bonchev–Trinajstić information content (AvgIpc) is 2.92. The van der Waals surface area contributed by atoms with Crippen molar-refractivity contribution >= 4 is 23.4 Å². The van der Waals surface area contributed by atoms with Crippen molar-refractivity contribution in [3.05, 3.63) is 57.8 Å². The van der Waals surface area contributed by atoms with Crippen LogP contribution in [0.2, 0.25) is 0 Å². The summed E-state index contributed by atoms with van der Waals surface area (Å²) in [6.07, 6.45) is 2.20. The lowest BCUT2D eigenvalue weighted by Crippen LogP contribution is -2.17. The maximum atomic E-state index is 13.6. The van der Waals surface area contributed by atoms with Crippen LogP contribution in [0.1, 0.15) is 16.8 Å². The van der Waals surface area contributed by atoms with Gasteiger partial charge in [0.05, 0.1) is 11.2 Å². The topological polar surface area (TPSA) is 53.4 Å². The van der Waals surface area contributed by atoms with Gasteiger partial charge in [0.25, 0.3) is 0 Å². The molecule has 21 heavy (non-hydrogen) atoms. The zero-order chi connectivity index (χ0) is 15.2. The number of aromatic nitrogens is 1. The van der Waals surface area contributed by atoms with Crippen LogP contribution in [0.25, 0.3) is 6.08 Å². The molecule has 0 saturated heterocycles. The van der Waals surface area contributed by atoms with Gasteiger partial charge in [-0.2, -0.15) is 0 Å². The average molecular weight is 306 g/mol. The fraction of sp³-hybridized carbons (Fsp3) is 0.200. The number of carbonyl (C=O) groups is 1. The number of hydrogen-bond acceptors (Lipinski definition) is 4. The van der Waals surface area contributed by atoms with Gasteiger partial charge in [0.1, 0.15) is 5.82 Å². The van der Waals surface area contributed by atoms with Gasteiger partial charge in [-0.05, 0) is 30.8 Å². The van der Waals surface area contributed by atoms with Crippen molar-refractivity contribution in [3.63, 3.8) is 0 Å². The SMILES string of the molecule is CN(Cc1ccc(F)c(C=CC(=O)O)c1)Cc1cscn1. The van der Waals surface area contributed by atoms with Gasteiger partial charge in [-0.15, -0.1) is 11.3 Å². The van der Waals surface area contributed by atoms with E-state index in [-0.39, 0.29) is 5.56 Å². The highest BCUT2D eigenvalue weighted by molar-refractivity contribution is 7.07. The molecule has 1 heterocycles. The lowest BCUT2D eigenvalue weighted by Gasteiger charge is -2.15. The molecule has 110 valence electrons. The first-order valence-electron chi connectivity index (χ1n) is 6.29. The number of rotatable bonds is 6. The molecular weight excluding hydrogens is 291 g/mol. The first kappa shape index (κ1) is 15.3. The normalized spacial score (nSPS) is 11.4. The molecule has 2 aromatic rings. The molecule has 1 aromatic heterocycles. The van der Waals surface area contributed by atoms with Gasteiger partial charge in [0, 0.05) is 30.1 Å². The van der Waals surface area contributed by atoms with Crippen LogP contribution >= 0.6 is 11.3 Å². The summed E-state index contributed by atoms with van der Waals surface area (Å²) in [6, 6.07) is 4.71. The van der Waals surface area contributed by atoms with Crippen molar-refractivity contribution in [1.29, 1.82) is 0 Å². The van der Waals surface area contributed by atoms with Crippen molar-refractivity contribution in [2.75, 3.05) is 7.05 Å². The molecule has 0 unspecified atom stereocenters. The Bertz CT molecular complexity index is 641. The van der Waals surface area contributed by atoms with E-state index in [1.165, 1.54) is 12.1 Å². The van der Waals surface area contributed by atoms with Gasteiger partial charge >= 0.3 is 5.97 Å². The van der Waals surface area contributed by atoms with E-state index in [4.69, 9.17) is 5.11 Å². The van der Waals surface area contributed by atoms with Crippen LogP contribution in [-0.2, 0) is 17.9 Å². The molecule has 0 aliphatic heterocycles. The minimum atomic E-state index is -1.10. The van der Waals surface area contributed by atoms with Crippen LogP contribution in [-0.4, -0.2) is 28.0 Å². The van der Waals surface area contributed by atoms with Crippen LogP contribution in [0.5, 0.6) is 0 Å². The number of nitrogens with zero attached hydrogens (tertiary/aromatic N) is 2. The van der Waals surface area contributed by atoms with Crippen LogP contribution in [0, 0.1) is 5.82 Å². The van der Waals surface area contributed by atoms with E-state index in [1.807, 2.05) is 12.4 Å². The quantitative estimate of drug-likeness (QED) is 0.834. The zero-order valence-electron chi connectivity index (χ0n) is 11.5. The number of thiazole rings is 1. The molecule has 0 aliphatic carbocycles. The van der Waals surface area contributed by atoms with Crippen molar-refractivity contribution in [1.82, 2.24) is 9.88 Å². The summed E-state index contributed by atoms with van der Waals surface area (Å²) in [5.74, 6) is -1.53. The summed E-state index contributed by atoms with van der Waals surface area (Å²) in [5.41, 5.74) is 3.97. The van der Waals surface area contributed by atoms with Crippen LogP contribution < -0.4 is 0 Å². The Morgan fingerprint density at radius 2 is 2.29 bits per heavy atom. The Balaban J connectivity index is 2.06. The summed E-state index contributed by atoms with van der Waals surface area (Å²) in [7, 11) is 1.95. The summed E-state index contributed by atoms with van der Waals surface area (Å²) < 4.78 is 13.6. The third-order valence-corrected chi connectivity index (χ3v) is 3.47. The molecule has 0 radical (unpaired) electrons. The number of carboxylic acids is 1. The van der Waals surface area contributed by atoms with E-state index >= 15 is 0 Å². The largest absolute Gasteiger partial charge is 0.478 e. The molecule has 6 heteroatoms. The van der Waals surface area contributed by atoms with E-state index in [0.29, 0.717) is 13.1 Å². The molecule has 0 fully saturated rings. The van der Waals surface area contributed by atoms with Gasteiger partial charge in [-0.1, -0.05) is 6.07 Å². The minimum absolute atomic E-state index is 0.275. The van der Waals surface area contributed by atoms with Crippen molar-refractivity contribution in [2.24, 2.45) is 0 Å². The summed E-state index contributed by atoms with van der Waals surface area (Å²) in [5, 5.41) is 10.6. The molecule has 0 amide bonds. The Morgan fingerprint density at radius 3 is 2.95 bits per heavy atom. The zero-order valence-corrected chi connectivity index (χ0v) is 12.3. The highest BCUT2D eigenvalue weighted by Crippen LogP contribution is 2.15. The molecule has 0 spiro atoms. The monoisotopic (exact) mass is 306 g/mol. The van der Waals surface area contributed by atoms with Crippen molar-refractivity contribution in [2.45, 2.75) is 13.1 Å². The highest BCUT2D eigenvalue weighted by Gasteiger charge is 2.06. The van der Waals surface area contributed by atoms with E-state index in [9.17, 15) is 9.18 Å². The van der Waals surface area contributed by atoms with Crippen molar-refractivity contribution < 1.29 is 14.3 Å². The number of carboxylic acid groups (broad SMARTS) is 1. The smallest absolute Gasteiger partial charge is 0.328 e. The maximum Gasteiger partial charge on any atom is 0.328 e. The van der Waals surface area contributed by atoms with Gasteiger partial charge in [0.2, 0.25) is 0 Å². The Kier molecular flexibility index (Phi) is 5.19. The second kappa shape index (κ2) is 7.10. The molecule has 0 aliphatic rings. The molecule has 2 rings (SSSR count). The number of halogens is 1. The summed E-state index contributed by atoms with van der Waals surface area (Å²) >= 11 is 1.55. The third-order valence-electron chi connectivity index (χ3n) is 2.83. The summed E-state index contributed by atoms with van der Waals surface area (Å²) in [4.78, 5) is 16.8. The molecular formula is C15H15FN2O2S. The molecule has 0 bridgehead atoms. The Labute approximate surface area is 126 Å². The minimum Gasteiger partial charge on any atom is -0.478 e. The standard InChI is InChI=1S/C15H15FN2O2S/c1-18(8-13-9-21-10-17-13)7-11-2-4-14(16)12(6-11)3-5-15(19)20/h2-6,9-10H,7-8H2,1H3,(H,19,20). The molecule has 4 nitrogen and oxygen atoms in total. The first-order valence-corrected chi connectivity index (χ1v) is 7.24. The summed E-state index contributed by atoms with van der Waals surface area (Å²) in [6.45, 7) is 1.34. The van der Waals surface area contributed by atoms with Crippen LogP contribution in [0.15, 0.2) is 35.2 Å². The third kappa shape index (κ3) is 4.77. The second-order valence-electron chi connectivity index (χ2n) is 4.68. The van der Waals surface area contributed by atoms with Crippen LogP contribution in [0.3, 0.4) is 0 Å². The number of aliphatic carboxylic acids is 1. The van der Waals surface area contributed by atoms with Crippen molar-refractivity contribution in [3.8, 4) is 0 Å². The number of benzene rings is 1. The predicted octanol–water partition coefficient (Wildman–Crippen LogP) is 3.01. The number of hydrogen-bond donors (Lipinski definition) is 1. The molecule has 0 atom stereocenters. The Morgan fingerprint density at radius 1 is 1.48 bits per heavy atom. The van der Waals surface area contributed by atoms with E-state index in [0.717, 1.165) is 17.3 Å².